The number of ketones is 1. The Hall–Kier alpha value is -1.20. The second-order valence-corrected chi connectivity index (χ2v) is 5.25. The number of ether oxygens (including phenoxy) is 1. The van der Waals surface area contributed by atoms with E-state index in [1.165, 1.54) is 0 Å². The molecule has 2 unspecified atom stereocenters. The lowest BCUT2D eigenvalue weighted by Gasteiger charge is -2.19. The minimum Gasteiger partial charge on any atom is -0.444 e. The van der Waals surface area contributed by atoms with Crippen LogP contribution in [0.3, 0.4) is 0 Å². The molecule has 4 nitrogen and oxygen atoms in total. The van der Waals surface area contributed by atoms with Crippen molar-refractivity contribution < 1.29 is 23.1 Å². The summed E-state index contributed by atoms with van der Waals surface area (Å²) < 4.78 is 31.1. The molecule has 1 aliphatic rings. The largest absolute Gasteiger partial charge is 0.444 e. The lowest BCUT2D eigenvalue weighted by atomic mass is 10.2. The van der Waals surface area contributed by atoms with E-state index < -0.39 is 35.2 Å². The summed E-state index contributed by atoms with van der Waals surface area (Å²) in [5, 5.41) is 2.25. The van der Waals surface area contributed by atoms with Gasteiger partial charge in [0, 0.05) is 6.54 Å². The molecule has 0 radical (unpaired) electrons. The molecule has 6 heteroatoms. The van der Waals surface area contributed by atoms with E-state index >= 15 is 0 Å². The Morgan fingerprint density at radius 2 is 1.88 bits per heavy atom. The average Bonchev–Trinajstić information content (AvgIpc) is 2.61. The number of amides is 1. The summed E-state index contributed by atoms with van der Waals surface area (Å²) in [4.78, 5) is 22.1. The van der Waals surface area contributed by atoms with Crippen LogP contribution in [-0.4, -0.2) is 29.9 Å². The number of hydrogen-bond donors (Lipinski definition) is 1. The molecule has 2 atom stereocenters. The number of Topliss-reactive ketones (excluding diaryl/α,β-unsaturated/α-hetero) is 1. The van der Waals surface area contributed by atoms with Crippen LogP contribution in [0.25, 0.3) is 0 Å². The zero-order valence-corrected chi connectivity index (χ0v) is 10.3. The standard InChI is InChI=1S/C11H17F2NO3/c1-6(15)8-7(11(8,12)13)5-14-9(16)17-10(2,3)4/h7-8H,5H2,1-4H3,(H,14,16). The van der Waals surface area contributed by atoms with Crippen LogP contribution in [0.15, 0.2) is 0 Å². The van der Waals surface area contributed by atoms with E-state index in [4.69, 9.17) is 4.74 Å². The molecule has 0 saturated heterocycles. The summed E-state index contributed by atoms with van der Waals surface area (Å²) in [5.74, 6) is -5.92. The van der Waals surface area contributed by atoms with Gasteiger partial charge in [0.25, 0.3) is 5.92 Å². The summed E-state index contributed by atoms with van der Waals surface area (Å²) in [6.45, 7) is 5.92. The molecule has 0 heterocycles. The maximum atomic E-state index is 13.1. The normalized spacial score (nSPS) is 26.2. The third-order valence-electron chi connectivity index (χ3n) is 2.51. The van der Waals surface area contributed by atoms with Crippen molar-refractivity contribution in [2.75, 3.05) is 6.54 Å². The maximum absolute atomic E-state index is 13.1. The number of alkyl carbamates (subject to hydrolysis) is 1. The summed E-state index contributed by atoms with van der Waals surface area (Å²) in [7, 11) is 0. The zero-order valence-electron chi connectivity index (χ0n) is 10.3. The summed E-state index contributed by atoms with van der Waals surface area (Å²) in [5.41, 5.74) is -0.671. The molecule has 17 heavy (non-hydrogen) atoms. The molecule has 98 valence electrons. The number of halogens is 2. The Labute approximate surface area is 98.7 Å². The molecule has 1 amide bonds. The Bertz CT molecular complexity index is 336. The average molecular weight is 249 g/mol. The molecule has 0 aliphatic heterocycles. The molecule has 0 spiro atoms. The predicted molar refractivity (Wildman–Crippen MR) is 56.8 cm³/mol. The van der Waals surface area contributed by atoms with Crippen LogP contribution in [0.5, 0.6) is 0 Å². The van der Waals surface area contributed by atoms with Gasteiger partial charge >= 0.3 is 6.09 Å². The van der Waals surface area contributed by atoms with Crippen LogP contribution >= 0.6 is 0 Å². The van der Waals surface area contributed by atoms with Crippen molar-refractivity contribution in [3.63, 3.8) is 0 Å². The number of carbonyl (C=O) groups is 2. The van der Waals surface area contributed by atoms with Gasteiger partial charge in [-0.2, -0.15) is 0 Å². The van der Waals surface area contributed by atoms with Gasteiger partial charge in [-0.25, -0.2) is 13.6 Å². The molecule has 0 aromatic heterocycles. The van der Waals surface area contributed by atoms with Crippen LogP contribution < -0.4 is 5.32 Å². The Morgan fingerprint density at radius 3 is 2.24 bits per heavy atom. The molecular formula is C11H17F2NO3. The van der Waals surface area contributed by atoms with Gasteiger partial charge in [0.05, 0.1) is 11.8 Å². The van der Waals surface area contributed by atoms with Crippen LogP contribution in [0.4, 0.5) is 13.6 Å². The number of alkyl halides is 2. The first-order chi connectivity index (χ1) is 7.55. The lowest BCUT2D eigenvalue weighted by Crippen LogP contribution is -2.34. The van der Waals surface area contributed by atoms with Gasteiger partial charge in [-0.1, -0.05) is 0 Å². The van der Waals surface area contributed by atoms with Crippen LogP contribution in [0.1, 0.15) is 27.7 Å². The van der Waals surface area contributed by atoms with E-state index in [0.29, 0.717) is 0 Å². The highest BCUT2D eigenvalue weighted by molar-refractivity contribution is 5.83. The maximum Gasteiger partial charge on any atom is 0.407 e. The molecule has 1 aliphatic carbocycles. The first-order valence-electron chi connectivity index (χ1n) is 5.41. The van der Waals surface area contributed by atoms with Gasteiger partial charge in [0.2, 0.25) is 0 Å². The second-order valence-electron chi connectivity index (χ2n) is 5.25. The minimum absolute atomic E-state index is 0.244. The predicted octanol–water partition coefficient (Wildman–Crippen LogP) is 1.98. The van der Waals surface area contributed by atoms with E-state index in [1.807, 2.05) is 0 Å². The Balaban J connectivity index is 2.39. The molecule has 0 bridgehead atoms. The van der Waals surface area contributed by atoms with E-state index in [9.17, 15) is 18.4 Å². The van der Waals surface area contributed by atoms with Gasteiger partial charge in [-0.15, -0.1) is 0 Å². The number of hydrogen-bond acceptors (Lipinski definition) is 3. The van der Waals surface area contributed by atoms with Gasteiger partial charge in [-0.05, 0) is 27.7 Å². The monoisotopic (exact) mass is 249 g/mol. The number of nitrogens with one attached hydrogen (secondary N) is 1. The van der Waals surface area contributed by atoms with Gasteiger partial charge in [0.1, 0.15) is 11.4 Å². The zero-order chi connectivity index (χ0) is 13.4. The van der Waals surface area contributed by atoms with Crippen molar-refractivity contribution in [2.24, 2.45) is 11.8 Å². The van der Waals surface area contributed by atoms with Crippen molar-refractivity contribution >= 4 is 11.9 Å². The number of rotatable bonds is 3. The van der Waals surface area contributed by atoms with E-state index in [-0.39, 0.29) is 6.54 Å². The molecule has 0 aromatic carbocycles. The fraction of sp³-hybridized carbons (Fsp3) is 0.818. The van der Waals surface area contributed by atoms with Crippen molar-refractivity contribution in [1.82, 2.24) is 5.32 Å². The fourth-order valence-corrected chi connectivity index (χ4v) is 1.71. The Morgan fingerprint density at radius 1 is 1.35 bits per heavy atom. The van der Waals surface area contributed by atoms with E-state index in [0.717, 1.165) is 6.92 Å². The van der Waals surface area contributed by atoms with Crippen molar-refractivity contribution in [1.29, 1.82) is 0 Å². The third kappa shape index (κ3) is 3.38. The quantitative estimate of drug-likeness (QED) is 0.832. The van der Waals surface area contributed by atoms with Gasteiger partial charge in [-0.3, -0.25) is 4.79 Å². The van der Waals surface area contributed by atoms with Crippen molar-refractivity contribution in [3.8, 4) is 0 Å². The second kappa shape index (κ2) is 4.23. The number of carbonyl (C=O) groups excluding carboxylic acids is 2. The van der Waals surface area contributed by atoms with Crippen molar-refractivity contribution in [2.45, 2.75) is 39.2 Å². The van der Waals surface area contributed by atoms with Crippen molar-refractivity contribution in [3.05, 3.63) is 0 Å². The SMILES string of the molecule is CC(=O)C1C(CNC(=O)OC(C)(C)C)C1(F)F. The first-order valence-corrected chi connectivity index (χ1v) is 5.41. The molecule has 1 saturated carbocycles. The third-order valence-corrected chi connectivity index (χ3v) is 2.51. The highest BCUT2D eigenvalue weighted by Gasteiger charge is 2.70. The molecule has 1 rings (SSSR count). The highest BCUT2D eigenvalue weighted by atomic mass is 19.3. The summed E-state index contributed by atoms with van der Waals surface area (Å²) >= 11 is 0. The molecule has 1 fully saturated rings. The minimum atomic E-state index is -3.00. The van der Waals surface area contributed by atoms with Gasteiger partial charge in [0.15, 0.2) is 0 Å². The van der Waals surface area contributed by atoms with Crippen LogP contribution in [0.2, 0.25) is 0 Å². The fourth-order valence-electron chi connectivity index (χ4n) is 1.71. The molecular weight excluding hydrogens is 232 g/mol. The summed E-state index contributed by atoms with van der Waals surface area (Å²) in [6.07, 6.45) is -0.748. The highest BCUT2D eigenvalue weighted by Crippen LogP contribution is 2.55. The van der Waals surface area contributed by atoms with E-state index in [2.05, 4.69) is 5.32 Å². The van der Waals surface area contributed by atoms with Crippen LogP contribution in [0, 0.1) is 11.8 Å². The summed E-state index contributed by atoms with van der Waals surface area (Å²) in [6, 6.07) is 0. The van der Waals surface area contributed by atoms with E-state index in [1.54, 1.807) is 20.8 Å². The van der Waals surface area contributed by atoms with Gasteiger partial charge < -0.3 is 10.1 Å². The molecule has 1 N–H and O–H groups in total. The molecule has 0 aromatic rings. The smallest absolute Gasteiger partial charge is 0.407 e. The first kappa shape index (κ1) is 13.9. The topological polar surface area (TPSA) is 55.4 Å². The lowest BCUT2D eigenvalue weighted by molar-refractivity contribution is -0.120. The Kier molecular flexibility index (Phi) is 3.45. The van der Waals surface area contributed by atoms with Crippen LogP contribution in [-0.2, 0) is 9.53 Å².